The number of hydrogen-bond acceptors (Lipinski definition) is 12. The third kappa shape index (κ3) is 3.01. The normalized spacial score (nSPS) is 29.7. The monoisotopic (exact) mass is 405 g/mol. The summed E-state index contributed by atoms with van der Waals surface area (Å²) in [6, 6.07) is 0.00558. The van der Waals surface area contributed by atoms with Crippen LogP contribution in [-0.4, -0.2) is 99.6 Å². The van der Waals surface area contributed by atoms with Gasteiger partial charge in [-0.1, -0.05) is 0 Å². The van der Waals surface area contributed by atoms with Gasteiger partial charge in [0.1, 0.15) is 35.8 Å². The van der Waals surface area contributed by atoms with Gasteiger partial charge in [0.15, 0.2) is 11.9 Å². The van der Waals surface area contributed by atoms with Gasteiger partial charge in [0.25, 0.3) is 0 Å². The minimum Gasteiger partial charge on any atom is -0.394 e. The highest BCUT2D eigenvalue weighted by Gasteiger charge is 2.45. The Balaban J connectivity index is 1.65. The standard InChI is InChI=1S/C15H19N9O5/c25-3-7-10(26)11(27)14(29-7)24-13-9(19-15(24)18-6-1-2-28-4-6)8(16-5-17-13)12-20-22-23-21-12/h5-7,10-11,14,25-27H,1-4H2,(H,18,19)(H,20,21,22,23)/t6?,7-,10+,11+,14-/m1/s1. The van der Waals surface area contributed by atoms with Crippen LogP contribution in [0.2, 0.25) is 0 Å². The average molecular weight is 405 g/mol. The lowest BCUT2D eigenvalue weighted by Crippen LogP contribution is -2.33. The van der Waals surface area contributed by atoms with E-state index < -0.39 is 31.1 Å². The lowest BCUT2D eigenvalue weighted by molar-refractivity contribution is -0.0502. The molecule has 2 fully saturated rings. The topological polar surface area (TPSA) is 189 Å². The first kappa shape index (κ1) is 18.3. The molecule has 0 aromatic carbocycles. The maximum Gasteiger partial charge on any atom is 0.207 e. The summed E-state index contributed by atoms with van der Waals surface area (Å²) in [4.78, 5) is 13.1. The zero-order valence-electron chi connectivity index (χ0n) is 15.1. The molecule has 5 rings (SSSR count). The Hall–Kier alpha value is -2.78. The molecule has 2 aliphatic rings. The van der Waals surface area contributed by atoms with E-state index in [9.17, 15) is 15.3 Å². The number of fused-ring (bicyclic) bond motifs is 1. The second-order valence-electron chi connectivity index (χ2n) is 6.88. The van der Waals surface area contributed by atoms with Crippen LogP contribution in [0.5, 0.6) is 0 Å². The molecule has 1 unspecified atom stereocenters. The van der Waals surface area contributed by atoms with Gasteiger partial charge in [-0.25, -0.2) is 20.1 Å². The molecule has 2 aliphatic heterocycles. The number of aromatic amines is 1. The number of aliphatic hydroxyl groups excluding tert-OH is 3. The fourth-order valence-electron chi connectivity index (χ4n) is 3.61. The molecule has 3 aromatic rings. The van der Waals surface area contributed by atoms with Gasteiger partial charge in [-0.05, 0) is 16.8 Å². The van der Waals surface area contributed by atoms with Crippen LogP contribution < -0.4 is 5.32 Å². The number of H-pyrrole nitrogens is 1. The van der Waals surface area contributed by atoms with E-state index in [1.54, 1.807) is 4.57 Å². The molecule has 0 bridgehead atoms. The molecule has 0 radical (unpaired) electrons. The Morgan fingerprint density at radius 2 is 2.17 bits per heavy atom. The molecule has 2 saturated heterocycles. The molecule has 154 valence electrons. The Morgan fingerprint density at radius 1 is 1.28 bits per heavy atom. The van der Waals surface area contributed by atoms with Crippen molar-refractivity contribution < 1.29 is 24.8 Å². The molecule has 0 aliphatic carbocycles. The predicted molar refractivity (Wildman–Crippen MR) is 94.4 cm³/mol. The molecule has 0 amide bonds. The highest BCUT2D eigenvalue weighted by Crippen LogP contribution is 2.36. The zero-order valence-corrected chi connectivity index (χ0v) is 15.1. The lowest BCUT2D eigenvalue weighted by Gasteiger charge is -2.21. The molecular weight excluding hydrogens is 386 g/mol. The summed E-state index contributed by atoms with van der Waals surface area (Å²) in [7, 11) is 0. The van der Waals surface area contributed by atoms with Crippen molar-refractivity contribution in [3.05, 3.63) is 6.33 Å². The second-order valence-corrected chi connectivity index (χ2v) is 6.88. The number of nitrogens with zero attached hydrogens (tertiary/aromatic N) is 7. The highest BCUT2D eigenvalue weighted by atomic mass is 16.6. The summed E-state index contributed by atoms with van der Waals surface area (Å²) in [5, 5.41) is 47.1. The molecule has 3 aromatic heterocycles. The molecule has 14 heteroatoms. The summed E-state index contributed by atoms with van der Waals surface area (Å²) < 4.78 is 12.7. The Kier molecular flexibility index (Phi) is 4.56. The van der Waals surface area contributed by atoms with Crippen molar-refractivity contribution in [2.24, 2.45) is 0 Å². The van der Waals surface area contributed by atoms with Gasteiger partial charge >= 0.3 is 0 Å². The predicted octanol–water partition coefficient (Wildman–Crippen LogP) is -2.18. The molecule has 29 heavy (non-hydrogen) atoms. The number of tetrazole rings is 1. The molecule has 0 spiro atoms. The number of imidazole rings is 1. The fourth-order valence-corrected chi connectivity index (χ4v) is 3.61. The van der Waals surface area contributed by atoms with E-state index in [1.165, 1.54) is 6.33 Å². The van der Waals surface area contributed by atoms with E-state index in [-0.39, 0.29) is 6.04 Å². The van der Waals surface area contributed by atoms with E-state index in [2.05, 4.69) is 40.9 Å². The number of ether oxygens (including phenoxy) is 2. The van der Waals surface area contributed by atoms with Gasteiger partial charge in [-0.15, -0.1) is 5.10 Å². The quantitative estimate of drug-likeness (QED) is 0.309. The van der Waals surface area contributed by atoms with Gasteiger partial charge in [-0.2, -0.15) is 0 Å². The van der Waals surface area contributed by atoms with Crippen molar-refractivity contribution in [2.45, 2.75) is 37.0 Å². The van der Waals surface area contributed by atoms with Crippen molar-refractivity contribution in [1.29, 1.82) is 0 Å². The molecular formula is C15H19N9O5. The summed E-state index contributed by atoms with van der Waals surface area (Å²) >= 11 is 0. The molecule has 14 nitrogen and oxygen atoms in total. The third-order valence-electron chi connectivity index (χ3n) is 5.08. The summed E-state index contributed by atoms with van der Waals surface area (Å²) in [5.41, 5.74) is 1.10. The third-order valence-corrected chi connectivity index (χ3v) is 5.08. The molecule has 5 heterocycles. The van der Waals surface area contributed by atoms with E-state index in [0.29, 0.717) is 41.8 Å². The smallest absolute Gasteiger partial charge is 0.207 e. The van der Waals surface area contributed by atoms with Crippen LogP contribution in [-0.2, 0) is 9.47 Å². The molecule has 5 N–H and O–H groups in total. The first-order valence-corrected chi connectivity index (χ1v) is 9.11. The van der Waals surface area contributed by atoms with Gasteiger partial charge in [0.05, 0.1) is 19.3 Å². The van der Waals surface area contributed by atoms with Crippen LogP contribution in [0.3, 0.4) is 0 Å². The van der Waals surface area contributed by atoms with Crippen LogP contribution in [0.15, 0.2) is 6.33 Å². The second kappa shape index (κ2) is 7.23. The van der Waals surface area contributed by atoms with Gasteiger partial charge < -0.3 is 30.1 Å². The fraction of sp³-hybridized carbons (Fsp3) is 0.600. The Labute approximate surface area is 162 Å². The Bertz CT molecular complexity index is 990. The van der Waals surface area contributed by atoms with Crippen molar-refractivity contribution in [3.8, 4) is 11.5 Å². The summed E-state index contributed by atoms with van der Waals surface area (Å²) in [6.45, 7) is 0.689. The summed E-state index contributed by atoms with van der Waals surface area (Å²) in [5.74, 6) is 0.665. The van der Waals surface area contributed by atoms with Crippen LogP contribution in [0.4, 0.5) is 5.95 Å². The van der Waals surface area contributed by atoms with E-state index in [1.807, 2.05) is 0 Å². The summed E-state index contributed by atoms with van der Waals surface area (Å²) in [6.07, 6.45) is -2.41. The first-order valence-electron chi connectivity index (χ1n) is 9.11. The maximum atomic E-state index is 10.6. The van der Waals surface area contributed by atoms with Crippen molar-refractivity contribution in [3.63, 3.8) is 0 Å². The number of anilines is 1. The minimum absolute atomic E-state index is 0.00558. The number of rotatable bonds is 5. The van der Waals surface area contributed by atoms with Gasteiger partial charge in [-0.3, -0.25) is 4.57 Å². The minimum atomic E-state index is -1.30. The lowest BCUT2D eigenvalue weighted by atomic mass is 10.1. The average Bonchev–Trinajstić information content (AvgIpc) is 3.51. The molecule has 5 atom stereocenters. The molecule has 0 saturated carbocycles. The Morgan fingerprint density at radius 3 is 2.86 bits per heavy atom. The van der Waals surface area contributed by atoms with E-state index in [0.717, 1.165) is 6.42 Å². The number of aliphatic hydroxyl groups is 3. The van der Waals surface area contributed by atoms with Crippen LogP contribution in [0.25, 0.3) is 22.7 Å². The zero-order chi connectivity index (χ0) is 20.0. The van der Waals surface area contributed by atoms with E-state index in [4.69, 9.17) is 9.47 Å². The van der Waals surface area contributed by atoms with Gasteiger partial charge in [0, 0.05) is 6.61 Å². The number of hydrogen-bond donors (Lipinski definition) is 5. The SMILES string of the molecule is OC[C@H]1O[C@@H](n2c(NC3CCOC3)nc3c(-c4nnn[nH]4)ncnc32)[C@@H](O)[C@H]1O. The van der Waals surface area contributed by atoms with Gasteiger partial charge in [0.2, 0.25) is 11.8 Å². The van der Waals surface area contributed by atoms with Crippen LogP contribution in [0.1, 0.15) is 12.6 Å². The number of aromatic nitrogens is 8. The van der Waals surface area contributed by atoms with Crippen molar-refractivity contribution in [2.75, 3.05) is 25.1 Å². The number of nitrogens with one attached hydrogen (secondary N) is 2. The van der Waals surface area contributed by atoms with Crippen LogP contribution >= 0.6 is 0 Å². The van der Waals surface area contributed by atoms with Crippen LogP contribution in [0, 0.1) is 0 Å². The van der Waals surface area contributed by atoms with Crippen molar-refractivity contribution >= 4 is 17.1 Å². The highest BCUT2D eigenvalue weighted by molar-refractivity contribution is 5.86. The van der Waals surface area contributed by atoms with E-state index >= 15 is 0 Å². The van der Waals surface area contributed by atoms with Crippen molar-refractivity contribution in [1.82, 2.24) is 40.1 Å². The first-order chi connectivity index (χ1) is 14.2. The largest absolute Gasteiger partial charge is 0.394 e. The maximum absolute atomic E-state index is 10.6.